The summed E-state index contributed by atoms with van der Waals surface area (Å²) in [7, 11) is 0. The van der Waals surface area contributed by atoms with E-state index in [1.165, 1.54) is 0 Å². The van der Waals surface area contributed by atoms with E-state index in [-0.39, 0.29) is 5.88 Å². The summed E-state index contributed by atoms with van der Waals surface area (Å²) in [6, 6.07) is 1.14. The molecule has 1 aliphatic rings. The standard InChI is InChI=1S/C11H9ClF2N2/c12-5-9-15-8-4-7(13)10(14)6-2-1-3-16(9)11(6)8/h4H,1-3,5H2. The van der Waals surface area contributed by atoms with Gasteiger partial charge in [-0.15, -0.1) is 11.6 Å². The highest BCUT2D eigenvalue weighted by molar-refractivity contribution is 6.16. The maximum atomic E-state index is 13.6. The molecule has 0 unspecified atom stereocenters. The van der Waals surface area contributed by atoms with Crippen LogP contribution in [0.4, 0.5) is 8.78 Å². The first-order valence-corrected chi connectivity index (χ1v) is 5.67. The molecule has 0 saturated heterocycles. The highest BCUT2D eigenvalue weighted by atomic mass is 35.5. The molecule has 5 heteroatoms. The molecule has 0 radical (unpaired) electrons. The van der Waals surface area contributed by atoms with Gasteiger partial charge in [-0.3, -0.25) is 0 Å². The van der Waals surface area contributed by atoms with E-state index in [2.05, 4.69) is 4.98 Å². The van der Waals surface area contributed by atoms with Gasteiger partial charge < -0.3 is 4.57 Å². The number of alkyl halides is 1. The van der Waals surface area contributed by atoms with Gasteiger partial charge in [0, 0.05) is 18.2 Å². The SMILES string of the molecule is Fc1cc2nc(CCl)n3c2c(c1F)CCC3. The van der Waals surface area contributed by atoms with Gasteiger partial charge in [0.1, 0.15) is 5.82 Å². The van der Waals surface area contributed by atoms with Gasteiger partial charge in [-0.2, -0.15) is 0 Å². The lowest BCUT2D eigenvalue weighted by Crippen LogP contribution is -2.12. The molecule has 0 saturated carbocycles. The highest BCUT2D eigenvalue weighted by Gasteiger charge is 2.23. The fraction of sp³-hybridized carbons (Fsp3) is 0.364. The van der Waals surface area contributed by atoms with Crippen LogP contribution in [0, 0.1) is 11.6 Å². The molecule has 0 fully saturated rings. The van der Waals surface area contributed by atoms with Crippen LogP contribution < -0.4 is 0 Å². The van der Waals surface area contributed by atoms with E-state index in [0.29, 0.717) is 28.8 Å². The lowest BCUT2D eigenvalue weighted by atomic mass is 10.0. The summed E-state index contributed by atoms with van der Waals surface area (Å²) in [5.41, 5.74) is 1.65. The van der Waals surface area contributed by atoms with Gasteiger partial charge in [-0.1, -0.05) is 0 Å². The number of aromatic nitrogens is 2. The topological polar surface area (TPSA) is 17.8 Å². The van der Waals surface area contributed by atoms with E-state index in [4.69, 9.17) is 11.6 Å². The summed E-state index contributed by atoms with van der Waals surface area (Å²) >= 11 is 5.77. The summed E-state index contributed by atoms with van der Waals surface area (Å²) in [4.78, 5) is 4.23. The van der Waals surface area contributed by atoms with Gasteiger partial charge in [0.2, 0.25) is 0 Å². The van der Waals surface area contributed by atoms with E-state index in [9.17, 15) is 8.78 Å². The molecule has 0 spiro atoms. The van der Waals surface area contributed by atoms with Gasteiger partial charge in [-0.25, -0.2) is 13.8 Å². The maximum absolute atomic E-state index is 13.6. The fourth-order valence-electron chi connectivity index (χ4n) is 2.35. The van der Waals surface area contributed by atoms with Crippen LogP contribution in [0.25, 0.3) is 11.0 Å². The predicted molar refractivity (Wildman–Crippen MR) is 57.5 cm³/mol. The van der Waals surface area contributed by atoms with Crippen LogP contribution in [0.5, 0.6) is 0 Å². The largest absolute Gasteiger partial charge is 0.327 e. The lowest BCUT2D eigenvalue weighted by Gasteiger charge is -2.16. The van der Waals surface area contributed by atoms with Gasteiger partial charge in [0.15, 0.2) is 11.6 Å². The maximum Gasteiger partial charge on any atom is 0.164 e. The molecule has 2 heterocycles. The van der Waals surface area contributed by atoms with Gasteiger partial charge >= 0.3 is 0 Å². The average molecular weight is 243 g/mol. The minimum atomic E-state index is -0.824. The second-order valence-corrected chi connectivity index (χ2v) is 4.20. The van der Waals surface area contributed by atoms with Crippen LogP contribution in [0.2, 0.25) is 0 Å². The average Bonchev–Trinajstić information content (AvgIpc) is 2.65. The second kappa shape index (κ2) is 3.42. The smallest absolute Gasteiger partial charge is 0.164 e. The van der Waals surface area contributed by atoms with Crippen molar-refractivity contribution in [3.8, 4) is 0 Å². The van der Waals surface area contributed by atoms with E-state index < -0.39 is 11.6 Å². The molecule has 0 amide bonds. The van der Waals surface area contributed by atoms with E-state index in [1.54, 1.807) is 0 Å². The Hall–Kier alpha value is -1.16. The molecule has 1 aromatic heterocycles. The Morgan fingerprint density at radius 1 is 1.44 bits per heavy atom. The molecule has 84 valence electrons. The normalized spacial score (nSPS) is 14.7. The first-order chi connectivity index (χ1) is 7.72. The van der Waals surface area contributed by atoms with Crippen molar-refractivity contribution in [2.75, 3.05) is 0 Å². The van der Waals surface area contributed by atoms with E-state index >= 15 is 0 Å². The van der Waals surface area contributed by atoms with Crippen LogP contribution >= 0.6 is 11.6 Å². The van der Waals surface area contributed by atoms with Crippen molar-refractivity contribution in [1.29, 1.82) is 0 Å². The molecule has 3 rings (SSSR count). The van der Waals surface area contributed by atoms with Crippen molar-refractivity contribution in [2.45, 2.75) is 25.3 Å². The van der Waals surface area contributed by atoms with Crippen molar-refractivity contribution in [2.24, 2.45) is 0 Å². The van der Waals surface area contributed by atoms with Gasteiger partial charge in [-0.05, 0) is 12.8 Å². The Kier molecular flexibility index (Phi) is 2.14. The number of rotatable bonds is 1. The Bertz CT molecular complexity index is 577. The van der Waals surface area contributed by atoms with Crippen LogP contribution in [0.15, 0.2) is 6.07 Å². The zero-order valence-electron chi connectivity index (χ0n) is 8.43. The van der Waals surface area contributed by atoms with Crippen molar-refractivity contribution < 1.29 is 8.78 Å². The molecule has 0 atom stereocenters. The fourth-order valence-corrected chi connectivity index (χ4v) is 2.56. The molecule has 16 heavy (non-hydrogen) atoms. The number of hydrogen-bond acceptors (Lipinski definition) is 1. The van der Waals surface area contributed by atoms with Gasteiger partial charge in [0.05, 0.1) is 16.9 Å². The first kappa shape index (κ1) is 10.0. The number of benzene rings is 1. The number of hydrogen-bond donors (Lipinski definition) is 0. The van der Waals surface area contributed by atoms with Crippen molar-refractivity contribution >= 4 is 22.6 Å². The van der Waals surface area contributed by atoms with Crippen LogP contribution in [0.3, 0.4) is 0 Å². The monoisotopic (exact) mass is 242 g/mol. The highest BCUT2D eigenvalue weighted by Crippen LogP contribution is 2.30. The number of aryl methyl sites for hydroxylation is 2. The Morgan fingerprint density at radius 3 is 3.00 bits per heavy atom. The zero-order chi connectivity index (χ0) is 11.3. The summed E-state index contributed by atoms with van der Waals surface area (Å²) in [5.74, 6) is -0.621. The van der Waals surface area contributed by atoms with Crippen molar-refractivity contribution in [3.05, 3.63) is 29.1 Å². The lowest BCUT2D eigenvalue weighted by molar-refractivity contribution is 0.491. The molecule has 0 aliphatic carbocycles. The van der Waals surface area contributed by atoms with E-state index in [0.717, 1.165) is 19.0 Å². The summed E-state index contributed by atoms with van der Waals surface area (Å²) in [5, 5.41) is 0. The Morgan fingerprint density at radius 2 is 2.25 bits per heavy atom. The van der Waals surface area contributed by atoms with Gasteiger partial charge in [0.25, 0.3) is 0 Å². The molecule has 2 aromatic rings. The van der Waals surface area contributed by atoms with Crippen LogP contribution in [0.1, 0.15) is 17.8 Å². The Labute approximate surface area is 95.8 Å². The van der Waals surface area contributed by atoms with Crippen LogP contribution in [-0.2, 0) is 18.8 Å². The molecular formula is C11H9ClF2N2. The number of nitrogens with zero attached hydrogens (tertiary/aromatic N) is 2. The minimum absolute atomic E-state index is 0.261. The number of halogens is 3. The van der Waals surface area contributed by atoms with Crippen molar-refractivity contribution in [1.82, 2.24) is 9.55 Å². The zero-order valence-corrected chi connectivity index (χ0v) is 9.19. The third-order valence-electron chi connectivity index (χ3n) is 3.03. The first-order valence-electron chi connectivity index (χ1n) is 5.14. The molecule has 1 aromatic carbocycles. The summed E-state index contributed by atoms with van der Waals surface area (Å²) in [6.07, 6.45) is 1.36. The Balaban J connectivity index is 2.45. The third kappa shape index (κ3) is 1.19. The molecular weight excluding hydrogens is 234 g/mol. The summed E-state index contributed by atoms with van der Waals surface area (Å²) in [6.45, 7) is 0.774. The molecule has 2 nitrogen and oxygen atoms in total. The molecule has 0 bridgehead atoms. The van der Waals surface area contributed by atoms with Crippen molar-refractivity contribution in [3.63, 3.8) is 0 Å². The van der Waals surface area contributed by atoms with E-state index in [1.807, 2.05) is 4.57 Å². The quantitative estimate of drug-likeness (QED) is 0.703. The predicted octanol–water partition coefficient (Wildman–Crippen LogP) is 3.00. The minimum Gasteiger partial charge on any atom is -0.327 e. The third-order valence-corrected chi connectivity index (χ3v) is 3.26. The molecule has 1 aliphatic heterocycles. The van der Waals surface area contributed by atoms with Crippen LogP contribution in [-0.4, -0.2) is 9.55 Å². The molecule has 0 N–H and O–H groups in total. The summed E-state index contributed by atoms with van der Waals surface area (Å²) < 4.78 is 28.8. The number of imidazole rings is 1. The second-order valence-electron chi connectivity index (χ2n) is 3.94.